The van der Waals surface area contributed by atoms with Crippen molar-refractivity contribution in [3.8, 4) is 5.75 Å². The van der Waals surface area contributed by atoms with E-state index < -0.39 is 6.61 Å². The number of halogens is 2. The molecule has 0 aliphatic carbocycles. The molecule has 1 rings (SSSR count). The highest BCUT2D eigenvalue weighted by molar-refractivity contribution is 5.38. The van der Waals surface area contributed by atoms with Gasteiger partial charge in [-0.1, -0.05) is 26.0 Å². The first-order valence-corrected chi connectivity index (χ1v) is 4.62. The van der Waals surface area contributed by atoms with E-state index >= 15 is 0 Å². The molecular weight excluding hydrogens is 186 g/mol. The lowest BCUT2D eigenvalue weighted by molar-refractivity contribution is -0.0503. The van der Waals surface area contributed by atoms with Gasteiger partial charge in [-0.3, -0.25) is 0 Å². The normalized spacial score (nSPS) is 9.36. The number of alkyl halides is 2. The second kappa shape index (κ2) is 6.35. The summed E-state index contributed by atoms with van der Waals surface area (Å²) in [7, 11) is 0. The minimum absolute atomic E-state index is 0.255. The van der Waals surface area contributed by atoms with Gasteiger partial charge in [0.05, 0.1) is 0 Å². The Morgan fingerprint density at radius 2 is 1.71 bits per heavy atom. The average molecular weight is 202 g/mol. The van der Waals surface area contributed by atoms with E-state index in [-0.39, 0.29) is 5.75 Å². The minimum atomic E-state index is -2.74. The van der Waals surface area contributed by atoms with E-state index in [9.17, 15) is 8.78 Å². The first kappa shape index (κ1) is 12.9. The maximum absolute atomic E-state index is 11.8. The number of ether oxygens (including phenoxy) is 1. The van der Waals surface area contributed by atoms with Crippen LogP contribution in [0.4, 0.5) is 8.78 Å². The molecule has 80 valence electrons. The highest BCUT2D eigenvalue weighted by atomic mass is 19.3. The molecule has 1 nitrogen and oxygen atoms in total. The Morgan fingerprint density at radius 1 is 1.14 bits per heavy atom. The molecule has 0 aromatic heterocycles. The number of aryl methyl sites for hydroxylation is 1. The first-order valence-electron chi connectivity index (χ1n) is 4.62. The molecule has 0 spiro atoms. The Morgan fingerprint density at radius 3 is 2.21 bits per heavy atom. The Labute approximate surface area is 83.7 Å². The molecule has 1 aromatic carbocycles. The summed E-state index contributed by atoms with van der Waals surface area (Å²) in [4.78, 5) is 0. The summed E-state index contributed by atoms with van der Waals surface area (Å²) < 4.78 is 27.9. The molecule has 0 saturated heterocycles. The van der Waals surface area contributed by atoms with E-state index in [0.717, 1.165) is 11.1 Å². The van der Waals surface area contributed by atoms with E-state index in [2.05, 4.69) is 4.74 Å². The van der Waals surface area contributed by atoms with Crippen LogP contribution in [0.5, 0.6) is 5.75 Å². The number of hydrogen-bond donors (Lipinski definition) is 0. The minimum Gasteiger partial charge on any atom is -0.435 e. The highest BCUT2D eigenvalue weighted by Gasteiger charge is 2.07. The van der Waals surface area contributed by atoms with Crippen LogP contribution in [0.25, 0.3) is 0 Å². The number of rotatable bonds is 2. The summed E-state index contributed by atoms with van der Waals surface area (Å²) in [5, 5.41) is 0. The van der Waals surface area contributed by atoms with Gasteiger partial charge in [-0.25, -0.2) is 0 Å². The van der Waals surface area contributed by atoms with Crippen LogP contribution in [0, 0.1) is 13.8 Å². The maximum atomic E-state index is 11.8. The molecule has 14 heavy (non-hydrogen) atoms. The van der Waals surface area contributed by atoms with Crippen LogP contribution in [0.3, 0.4) is 0 Å². The Balaban J connectivity index is 0.000000791. The molecular formula is C11H16F2O. The largest absolute Gasteiger partial charge is 0.435 e. The smallest absolute Gasteiger partial charge is 0.387 e. The fourth-order valence-corrected chi connectivity index (χ4v) is 0.948. The van der Waals surface area contributed by atoms with Crippen LogP contribution < -0.4 is 4.74 Å². The molecule has 0 N–H and O–H groups in total. The SMILES string of the molecule is CC.Cc1cccc(OC(F)F)c1C. The summed E-state index contributed by atoms with van der Waals surface area (Å²) in [6, 6.07) is 5.09. The van der Waals surface area contributed by atoms with Gasteiger partial charge in [0.2, 0.25) is 0 Å². The van der Waals surface area contributed by atoms with E-state index in [1.54, 1.807) is 13.0 Å². The van der Waals surface area contributed by atoms with Crippen molar-refractivity contribution in [1.82, 2.24) is 0 Å². The van der Waals surface area contributed by atoms with Crippen LogP contribution in [0.1, 0.15) is 25.0 Å². The summed E-state index contributed by atoms with van der Waals surface area (Å²) in [5.41, 5.74) is 1.71. The van der Waals surface area contributed by atoms with E-state index in [0.29, 0.717) is 0 Å². The summed E-state index contributed by atoms with van der Waals surface area (Å²) in [6.07, 6.45) is 0. The zero-order chi connectivity index (χ0) is 11.1. The maximum Gasteiger partial charge on any atom is 0.387 e. The third kappa shape index (κ3) is 3.73. The zero-order valence-corrected chi connectivity index (χ0v) is 8.97. The van der Waals surface area contributed by atoms with Crippen molar-refractivity contribution < 1.29 is 13.5 Å². The first-order chi connectivity index (χ1) is 6.61. The van der Waals surface area contributed by atoms with Crippen LogP contribution in [0.2, 0.25) is 0 Å². The summed E-state index contributed by atoms with van der Waals surface area (Å²) >= 11 is 0. The summed E-state index contributed by atoms with van der Waals surface area (Å²) in [5.74, 6) is 0.255. The van der Waals surface area contributed by atoms with Crippen LogP contribution in [0.15, 0.2) is 18.2 Å². The van der Waals surface area contributed by atoms with Crippen molar-refractivity contribution in [3.63, 3.8) is 0 Å². The van der Waals surface area contributed by atoms with E-state index in [4.69, 9.17) is 0 Å². The second-order valence-electron chi connectivity index (χ2n) is 2.58. The third-order valence-corrected chi connectivity index (χ3v) is 1.77. The van der Waals surface area contributed by atoms with Gasteiger partial charge in [0.15, 0.2) is 0 Å². The topological polar surface area (TPSA) is 9.23 Å². The van der Waals surface area contributed by atoms with Crippen molar-refractivity contribution in [1.29, 1.82) is 0 Å². The lowest BCUT2D eigenvalue weighted by Crippen LogP contribution is -2.03. The summed E-state index contributed by atoms with van der Waals surface area (Å²) in [6.45, 7) is 4.87. The fourth-order valence-electron chi connectivity index (χ4n) is 0.948. The van der Waals surface area contributed by atoms with E-state index in [1.807, 2.05) is 26.8 Å². The molecule has 1 aromatic rings. The number of hydrogen-bond acceptors (Lipinski definition) is 1. The quantitative estimate of drug-likeness (QED) is 0.706. The Bertz CT molecular complexity index is 272. The molecule has 0 unspecified atom stereocenters. The van der Waals surface area contributed by atoms with Gasteiger partial charge >= 0.3 is 6.61 Å². The standard InChI is InChI=1S/C9H10F2O.C2H6/c1-6-4-3-5-8(7(6)2)12-9(10)11;1-2/h3-5,9H,1-2H3;1-2H3. The van der Waals surface area contributed by atoms with Gasteiger partial charge < -0.3 is 4.74 Å². The average Bonchev–Trinajstić information content (AvgIpc) is 2.16. The van der Waals surface area contributed by atoms with Gasteiger partial charge in [0.25, 0.3) is 0 Å². The van der Waals surface area contributed by atoms with Gasteiger partial charge in [-0.2, -0.15) is 8.78 Å². The van der Waals surface area contributed by atoms with Gasteiger partial charge in [-0.05, 0) is 31.0 Å². The Hall–Kier alpha value is -1.12. The number of benzene rings is 1. The lowest BCUT2D eigenvalue weighted by Gasteiger charge is -2.08. The highest BCUT2D eigenvalue weighted by Crippen LogP contribution is 2.21. The van der Waals surface area contributed by atoms with Crippen molar-refractivity contribution in [2.75, 3.05) is 0 Å². The van der Waals surface area contributed by atoms with Crippen molar-refractivity contribution in [3.05, 3.63) is 29.3 Å². The van der Waals surface area contributed by atoms with Crippen molar-refractivity contribution in [2.45, 2.75) is 34.3 Å². The molecule has 0 heterocycles. The molecule has 0 atom stereocenters. The molecule has 0 bridgehead atoms. The molecule has 0 aliphatic rings. The van der Waals surface area contributed by atoms with Crippen LogP contribution in [-0.4, -0.2) is 6.61 Å². The molecule has 0 radical (unpaired) electrons. The van der Waals surface area contributed by atoms with Gasteiger partial charge in [0, 0.05) is 0 Å². The Kier molecular flexibility index (Phi) is 5.84. The van der Waals surface area contributed by atoms with Gasteiger partial charge in [0.1, 0.15) is 5.75 Å². The van der Waals surface area contributed by atoms with Crippen LogP contribution >= 0.6 is 0 Å². The third-order valence-electron chi connectivity index (χ3n) is 1.77. The predicted molar refractivity (Wildman–Crippen MR) is 53.9 cm³/mol. The fraction of sp³-hybridized carbons (Fsp3) is 0.455. The molecule has 0 saturated carbocycles. The lowest BCUT2D eigenvalue weighted by atomic mass is 10.1. The van der Waals surface area contributed by atoms with Gasteiger partial charge in [-0.15, -0.1) is 0 Å². The molecule has 0 amide bonds. The van der Waals surface area contributed by atoms with Crippen molar-refractivity contribution in [2.24, 2.45) is 0 Å². The molecule has 0 fully saturated rings. The molecule has 3 heteroatoms. The second-order valence-corrected chi connectivity index (χ2v) is 2.58. The van der Waals surface area contributed by atoms with E-state index in [1.165, 1.54) is 6.07 Å². The zero-order valence-electron chi connectivity index (χ0n) is 8.97. The predicted octanol–water partition coefficient (Wildman–Crippen LogP) is 3.93. The monoisotopic (exact) mass is 202 g/mol. The van der Waals surface area contributed by atoms with Crippen molar-refractivity contribution >= 4 is 0 Å². The van der Waals surface area contributed by atoms with Crippen LogP contribution in [-0.2, 0) is 0 Å². The molecule has 0 aliphatic heterocycles.